The summed E-state index contributed by atoms with van der Waals surface area (Å²) in [6, 6.07) is 10.4. The summed E-state index contributed by atoms with van der Waals surface area (Å²) >= 11 is 5.71. The average Bonchev–Trinajstić information content (AvgIpc) is 2.45. The lowest BCUT2D eigenvalue weighted by Crippen LogP contribution is -2.05. The van der Waals surface area contributed by atoms with Crippen molar-refractivity contribution in [1.29, 1.82) is 0 Å². The predicted octanol–water partition coefficient (Wildman–Crippen LogP) is 3.10. The third-order valence-corrected chi connectivity index (χ3v) is 2.67. The fourth-order valence-electron chi connectivity index (χ4n) is 1.52. The van der Waals surface area contributed by atoms with E-state index in [1.54, 1.807) is 13.2 Å². The number of carbonyl (C=O) groups is 1. The number of hydrogen-bond donors (Lipinski definition) is 0. The highest BCUT2D eigenvalue weighted by Crippen LogP contribution is 2.14. The number of benzene rings is 1. The van der Waals surface area contributed by atoms with Crippen LogP contribution in [0.2, 0.25) is 5.15 Å². The largest absolute Gasteiger partial charge is 0.497 e. The minimum atomic E-state index is -0.438. The van der Waals surface area contributed by atoms with Gasteiger partial charge in [0, 0.05) is 6.20 Å². The molecule has 19 heavy (non-hydrogen) atoms. The molecule has 0 fully saturated rings. The van der Waals surface area contributed by atoms with E-state index in [9.17, 15) is 4.79 Å². The molecule has 0 saturated heterocycles. The predicted molar refractivity (Wildman–Crippen MR) is 71.4 cm³/mol. The minimum Gasteiger partial charge on any atom is -0.497 e. The monoisotopic (exact) mass is 277 g/mol. The molecule has 2 aromatic rings. The number of carbonyl (C=O) groups excluding carboxylic acids is 1. The van der Waals surface area contributed by atoms with Crippen LogP contribution in [0.5, 0.6) is 5.75 Å². The standard InChI is InChI=1S/C14H12ClNO3/c1-18-12-4-2-3-10(7-12)9-19-14(17)11-5-6-16-13(15)8-11/h2-8H,9H2,1H3. The Morgan fingerprint density at radius 1 is 1.32 bits per heavy atom. The van der Waals surface area contributed by atoms with Crippen LogP contribution < -0.4 is 4.74 Å². The van der Waals surface area contributed by atoms with Gasteiger partial charge in [-0.15, -0.1) is 0 Å². The van der Waals surface area contributed by atoms with Gasteiger partial charge in [-0.1, -0.05) is 23.7 Å². The fourth-order valence-corrected chi connectivity index (χ4v) is 1.70. The van der Waals surface area contributed by atoms with Gasteiger partial charge in [-0.05, 0) is 29.8 Å². The highest BCUT2D eigenvalue weighted by atomic mass is 35.5. The molecule has 0 aliphatic carbocycles. The number of halogens is 1. The van der Waals surface area contributed by atoms with E-state index in [1.807, 2.05) is 24.3 Å². The number of methoxy groups -OCH3 is 1. The molecule has 1 aromatic heterocycles. The van der Waals surface area contributed by atoms with Crippen molar-refractivity contribution in [3.05, 3.63) is 58.9 Å². The van der Waals surface area contributed by atoms with Crippen molar-refractivity contribution in [2.24, 2.45) is 0 Å². The molecule has 2 rings (SSSR count). The van der Waals surface area contributed by atoms with Gasteiger partial charge < -0.3 is 9.47 Å². The Morgan fingerprint density at radius 2 is 2.16 bits per heavy atom. The zero-order valence-electron chi connectivity index (χ0n) is 10.3. The lowest BCUT2D eigenvalue weighted by Gasteiger charge is -2.06. The maximum atomic E-state index is 11.8. The number of hydrogen-bond acceptors (Lipinski definition) is 4. The van der Waals surface area contributed by atoms with Crippen molar-refractivity contribution >= 4 is 17.6 Å². The van der Waals surface area contributed by atoms with Gasteiger partial charge >= 0.3 is 5.97 Å². The molecule has 0 atom stereocenters. The molecular weight excluding hydrogens is 266 g/mol. The van der Waals surface area contributed by atoms with E-state index >= 15 is 0 Å². The van der Waals surface area contributed by atoms with Gasteiger partial charge in [0.15, 0.2) is 0 Å². The zero-order chi connectivity index (χ0) is 13.7. The molecule has 98 valence electrons. The molecule has 5 heteroatoms. The molecule has 4 nitrogen and oxygen atoms in total. The van der Waals surface area contributed by atoms with E-state index in [1.165, 1.54) is 12.3 Å². The lowest BCUT2D eigenvalue weighted by molar-refractivity contribution is 0.0472. The Kier molecular flexibility index (Phi) is 4.36. The first-order chi connectivity index (χ1) is 9.19. The van der Waals surface area contributed by atoms with Gasteiger partial charge in [-0.25, -0.2) is 9.78 Å². The lowest BCUT2D eigenvalue weighted by atomic mass is 10.2. The molecule has 0 spiro atoms. The summed E-state index contributed by atoms with van der Waals surface area (Å²) in [7, 11) is 1.59. The Labute approximate surface area is 115 Å². The SMILES string of the molecule is COc1cccc(COC(=O)c2ccnc(Cl)c2)c1. The summed E-state index contributed by atoms with van der Waals surface area (Å²) in [6.45, 7) is 0.177. The van der Waals surface area contributed by atoms with Crippen molar-refractivity contribution in [3.8, 4) is 5.75 Å². The summed E-state index contributed by atoms with van der Waals surface area (Å²) in [4.78, 5) is 15.6. The minimum absolute atomic E-state index is 0.177. The van der Waals surface area contributed by atoms with E-state index in [-0.39, 0.29) is 11.8 Å². The number of rotatable bonds is 4. The van der Waals surface area contributed by atoms with Crippen LogP contribution in [0.4, 0.5) is 0 Å². The van der Waals surface area contributed by atoms with Gasteiger partial charge in [0.05, 0.1) is 12.7 Å². The molecule has 0 amide bonds. The highest BCUT2D eigenvalue weighted by molar-refractivity contribution is 6.29. The topological polar surface area (TPSA) is 48.4 Å². The molecule has 1 heterocycles. The second-order valence-electron chi connectivity index (χ2n) is 3.79. The number of esters is 1. The number of nitrogens with zero attached hydrogens (tertiary/aromatic N) is 1. The molecule has 0 saturated carbocycles. The van der Waals surface area contributed by atoms with Gasteiger partial charge in [0.1, 0.15) is 17.5 Å². The van der Waals surface area contributed by atoms with Gasteiger partial charge in [0.25, 0.3) is 0 Å². The van der Waals surface area contributed by atoms with Crippen LogP contribution in [0, 0.1) is 0 Å². The van der Waals surface area contributed by atoms with E-state index in [0.717, 1.165) is 11.3 Å². The Balaban J connectivity index is 2.00. The molecule has 1 aromatic carbocycles. The van der Waals surface area contributed by atoms with Crippen LogP contribution in [-0.4, -0.2) is 18.1 Å². The Morgan fingerprint density at radius 3 is 2.89 bits per heavy atom. The third kappa shape index (κ3) is 3.69. The quantitative estimate of drug-likeness (QED) is 0.636. The average molecular weight is 278 g/mol. The van der Waals surface area contributed by atoms with Crippen LogP contribution in [-0.2, 0) is 11.3 Å². The molecule has 0 N–H and O–H groups in total. The van der Waals surface area contributed by atoms with Crippen LogP contribution in [0.25, 0.3) is 0 Å². The fraction of sp³-hybridized carbons (Fsp3) is 0.143. The molecule has 0 aliphatic heterocycles. The third-order valence-electron chi connectivity index (χ3n) is 2.47. The summed E-state index contributed by atoms with van der Waals surface area (Å²) < 4.78 is 10.3. The maximum Gasteiger partial charge on any atom is 0.338 e. The van der Waals surface area contributed by atoms with Crippen molar-refractivity contribution in [3.63, 3.8) is 0 Å². The molecule has 0 unspecified atom stereocenters. The molecule has 0 aliphatic rings. The number of ether oxygens (including phenoxy) is 2. The first-order valence-corrected chi connectivity index (χ1v) is 5.98. The van der Waals surface area contributed by atoms with Crippen LogP contribution in [0.1, 0.15) is 15.9 Å². The molecule has 0 bridgehead atoms. The molecule has 0 radical (unpaired) electrons. The maximum absolute atomic E-state index is 11.8. The van der Waals surface area contributed by atoms with E-state index in [4.69, 9.17) is 21.1 Å². The van der Waals surface area contributed by atoms with Crippen LogP contribution in [0.15, 0.2) is 42.6 Å². The summed E-state index contributed by atoms with van der Waals surface area (Å²) in [5.41, 5.74) is 1.23. The second-order valence-corrected chi connectivity index (χ2v) is 4.18. The summed E-state index contributed by atoms with van der Waals surface area (Å²) in [5.74, 6) is 0.285. The van der Waals surface area contributed by atoms with Gasteiger partial charge in [0.2, 0.25) is 0 Å². The summed E-state index contributed by atoms with van der Waals surface area (Å²) in [5, 5.41) is 0.260. The van der Waals surface area contributed by atoms with Crippen LogP contribution >= 0.6 is 11.6 Å². The van der Waals surface area contributed by atoms with Gasteiger partial charge in [-0.2, -0.15) is 0 Å². The second kappa shape index (κ2) is 6.20. The highest BCUT2D eigenvalue weighted by Gasteiger charge is 2.08. The van der Waals surface area contributed by atoms with E-state index < -0.39 is 5.97 Å². The normalized spacial score (nSPS) is 10.0. The number of aromatic nitrogens is 1. The number of pyridine rings is 1. The Bertz CT molecular complexity index is 586. The van der Waals surface area contributed by atoms with Crippen molar-refractivity contribution in [2.75, 3.05) is 7.11 Å². The van der Waals surface area contributed by atoms with Crippen molar-refractivity contribution < 1.29 is 14.3 Å². The first-order valence-electron chi connectivity index (χ1n) is 5.60. The van der Waals surface area contributed by atoms with Crippen molar-refractivity contribution in [2.45, 2.75) is 6.61 Å². The van der Waals surface area contributed by atoms with Crippen LogP contribution in [0.3, 0.4) is 0 Å². The summed E-state index contributed by atoms with van der Waals surface area (Å²) in [6.07, 6.45) is 1.46. The van der Waals surface area contributed by atoms with Gasteiger partial charge in [-0.3, -0.25) is 0 Å². The first kappa shape index (κ1) is 13.4. The van der Waals surface area contributed by atoms with Crippen molar-refractivity contribution in [1.82, 2.24) is 4.98 Å². The van der Waals surface area contributed by atoms with E-state index in [2.05, 4.69) is 4.98 Å². The molecular formula is C14H12ClNO3. The van der Waals surface area contributed by atoms with E-state index in [0.29, 0.717) is 5.56 Å². The smallest absolute Gasteiger partial charge is 0.338 e. The zero-order valence-corrected chi connectivity index (χ0v) is 11.1. The Hall–Kier alpha value is -2.07.